The molecular weight excluding hydrogens is 326 g/mol. The summed E-state index contributed by atoms with van der Waals surface area (Å²) in [4.78, 5) is 0. The summed E-state index contributed by atoms with van der Waals surface area (Å²) >= 11 is 3.58. The zero-order chi connectivity index (χ0) is 15.3. The quantitative estimate of drug-likeness (QED) is 0.761. The maximum atomic E-state index is 6.61. The van der Waals surface area contributed by atoms with Gasteiger partial charge in [-0.25, -0.2) is 0 Å². The van der Waals surface area contributed by atoms with Crippen LogP contribution in [0.15, 0.2) is 22.7 Å². The Bertz CT molecular complexity index is 542. The van der Waals surface area contributed by atoms with Gasteiger partial charge in [-0.05, 0) is 49.8 Å². The van der Waals surface area contributed by atoms with Crippen LogP contribution in [0.5, 0.6) is 5.75 Å². The molecule has 2 nitrogen and oxygen atoms in total. The van der Waals surface area contributed by atoms with Crippen molar-refractivity contribution in [2.24, 2.45) is 11.3 Å². The fourth-order valence-corrected chi connectivity index (χ4v) is 5.14. The van der Waals surface area contributed by atoms with Gasteiger partial charge in [0.1, 0.15) is 11.4 Å². The average Bonchev–Trinajstić information content (AvgIpc) is 2.34. The molecule has 3 unspecified atom stereocenters. The fourth-order valence-electron chi connectivity index (χ4n) is 4.80. The van der Waals surface area contributed by atoms with E-state index in [0.29, 0.717) is 11.5 Å². The third-order valence-electron chi connectivity index (χ3n) is 5.02. The van der Waals surface area contributed by atoms with Crippen LogP contribution in [0.3, 0.4) is 0 Å². The van der Waals surface area contributed by atoms with Crippen molar-refractivity contribution in [3.05, 3.63) is 28.2 Å². The molecule has 1 aromatic carbocycles. The van der Waals surface area contributed by atoms with E-state index in [2.05, 4.69) is 67.3 Å². The number of rotatable bonds is 1. The van der Waals surface area contributed by atoms with Crippen LogP contribution < -0.4 is 10.1 Å². The van der Waals surface area contributed by atoms with E-state index in [9.17, 15) is 0 Å². The van der Waals surface area contributed by atoms with E-state index >= 15 is 0 Å². The molecule has 0 radical (unpaired) electrons. The topological polar surface area (TPSA) is 21.3 Å². The predicted octanol–water partition coefficient (Wildman–Crippen LogP) is 5.08. The van der Waals surface area contributed by atoms with Crippen LogP contribution in [0.25, 0.3) is 0 Å². The number of halogens is 1. The molecule has 3 atom stereocenters. The Morgan fingerprint density at radius 1 is 1.24 bits per heavy atom. The SMILES string of the molecule is CNC1CC2(CC(C)CC(C)(C)C2)Oc2cc(Br)ccc21. The molecular formula is C18H26BrNO. The van der Waals surface area contributed by atoms with Crippen molar-refractivity contribution in [1.29, 1.82) is 0 Å². The molecule has 1 heterocycles. The molecule has 1 aliphatic carbocycles. The Kier molecular flexibility index (Phi) is 3.86. The van der Waals surface area contributed by atoms with Gasteiger partial charge >= 0.3 is 0 Å². The molecule has 21 heavy (non-hydrogen) atoms. The molecule has 3 rings (SSSR count). The van der Waals surface area contributed by atoms with Crippen LogP contribution in [-0.4, -0.2) is 12.6 Å². The summed E-state index contributed by atoms with van der Waals surface area (Å²) < 4.78 is 7.70. The number of benzene rings is 1. The normalized spacial score (nSPS) is 34.3. The summed E-state index contributed by atoms with van der Waals surface area (Å²) in [6, 6.07) is 6.82. The molecule has 0 amide bonds. The highest BCUT2D eigenvalue weighted by molar-refractivity contribution is 9.10. The van der Waals surface area contributed by atoms with Gasteiger partial charge in [-0.3, -0.25) is 0 Å². The monoisotopic (exact) mass is 351 g/mol. The lowest BCUT2D eigenvalue weighted by molar-refractivity contribution is -0.0595. The van der Waals surface area contributed by atoms with Crippen LogP contribution in [0.1, 0.15) is 58.1 Å². The van der Waals surface area contributed by atoms with Crippen LogP contribution in [0, 0.1) is 11.3 Å². The lowest BCUT2D eigenvalue weighted by Gasteiger charge is -2.51. The highest BCUT2D eigenvalue weighted by Crippen LogP contribution is 2.52. The first kappa shape index (κ1) is 15.4. The van der Waals surface area contributed by atoms with Crippen molar-refractivity contribution in [2.75, 3.05) is 7.05 Å². The van der Waals surface area contributed by atoms with E-state index in [-0.39, 0.29) is 5.60 Å². The largest absolute Gasteiger partial charge is 0.487 e. The minimum absolute atomic E-state index is 0.0113. The molecule has 0 bridgehead atoms. The Morgan fingerprint density at radius 2 is 2.00 bits per heavy atom. The zero-order valence-electron chi connectivity index (χ0n) is 13.5. The molecule has 1 fully saturated rings. The summed E-state index contributed by atoms with van der Waals surface area (Å²) in [7, 11) is 2.06. The third kappa shape index (κ3) is 3.00. The minimum atomic E-state index is -0.0113. The fraction of sp³-hybridized carbons (Fsp3) is 0.667. The minimum Gasteiger partial charge on any atom is -0.487 e. The van der Waals surface area contributed by atoms with Crippen molar-refractivity contribution >= 4 is 15.9 Å². The zero-order valence-corrected chi connectivity index (χ0v) is 15.1. The number of ether oxygens (including phenoxy) is 1. The number of hydrogen-bond donors (Lipinski definition) is 1. The molecule has 0 aromatic heterocycles. The summed E-state index contributed by atoms with van der Waals surface area (Å²) in [5, 5.41) is 3.50. The van der Waals surface area contributed by atoms with Crippen LogP contribution in [0.2, 0.25) is 0 Å². The Morgan fingerprint density at radius 3 is 2.67 bits per heavy atom. The molecule has 2 aliphatic rings. The molecule has 1 aliphatic heterocycles. The van der Waals surface area contributed by atoms with E-state index in [1.807, 2.05) is 0 Å². The van der Waals surface area contributed by atoms with Gasteiger partial charge in [0.15, 0.2) is 0 Å². The second kappa shape index (κ2) is 5.27. The van der Waals surface area contributed by atoms with Crippen LogP contribution in [0.4, 0.5) is 0 Å². The van der Waals surface area contributed by atoms with E-state index in [0.717, 1.165) is 29.0 Å². The van der Waals surface area contributed by atoms with Gasteiger partial charge in [0, 0.05) is 22.5 Å². The van der Waals surface area contributed by atoms with Gasteiger partial charge in [-0.15, -0.1) is 0 Å². The van der Waals surface area contributed by atoms with Gasteiger partial charge in [0.2, 0.25) is 0 Å². The van der Waals surface area contributed by atoms with E-state index in [1.54, 1.807) is 0 Å². The van der Waals surface area contributed by atoms with Gasteiger partial charge in [-0.1, -0.05) is 42.8 Å². The van der Waals surface area contributed by atoms with Crippen molar-refractivity contribution < 1.29 is 4.74 Å². The van der Waals surface area contributed by atoms with Crippen molar-refractivity contribution in [1.82, 2.24) is 5.32 Å². The highest BCUT2D eigenvalue weighted by Gasteiger charge is 2.48. The predicted molar refractivity (Wildman–Crippen MR) is 90.7 cm³/mol. The van der Waals surface area contributed by atoms with Crippen molar-refractivity contribution in [3.63, 3.8) is 0 Å². The van der Waals surface area contributed by atoms with Crippen LogP contribution in [-0.2, 0) is 0 Å². The Balaban J connectivity index is 1.99. The molecule has 1 spiro atoms. The van der Waals surface area contributed by atoms with Gasteiger partial charge in [0.05, 0.1) is 0 Å². The first-order valence-electron chi connectivity index (χ1n) is 7.98. The lowest BCUT2D eigenvalue weighted by Crippen LogP contribution is -2.50. The molecule has 116 valence electrons. The number of nitrogens with one attached hydrogen (secondary N) is 1. The average molecular weight is 352 g/mol. The Hall–Kier alpha value is -0.540. The lowest BCUT2D eigenvalue weighted by atomic mass is 9.63. The first-order valence-corrected chi connectivity index (χ1v) is 8.78. The number of fused-ring (bicyclic) bond motifs is 1. The standard InChI is InChI=1S/C18H26BrNO/c1-12-8-17(2,3)11-18(9-12)10-15(20-4)14-6-5-13(19)7-16(14)21-18/h5-7,12,15,20H,8-11H2,1-4H3. The van der Waals surface area contributed by atoms with Gasteiger partial charge in [0.25, 0.3) is 0 Å². The van der Waals surface area contributed by atoms with E-state index in [1.165, 1.54) is 18.4 Å². The molecule has 1 N–H and O–H groups in total. The second-order valence-electron chi connectivity index (χ2n) is 7.87. The van der Waals surface area contributed by atoms with E-state index < -0.39 is 0 Å². The van der Waals surface area contributed by atoms with Crippen LogP contribution >= 0.6 is 15.9 Å². The van der Waals surface area contributed by atoms with Gasteiger partial charge in [-0.2, -0.15) is 0 Å². The molecule has 1 aromatic rings. The van der Waals surface area contributed by atoms with Gasteiger partial charge < -0.3 is 10.1 Å². The van der Waals surface area contributed by atoms with Crippen molar-refractivity contribution in [2.45, 2.75) is 58.1 Å². The first-order chi connectivity index (χ1) is 9.82. The van der Waals surface area contributed by atoms with Crippen molar-refractivity contribution in [3.8, 4) is 5.75 Å². The summed E-state index contributed by atoms with van der Waals surface area (Å²) in [5.74, 6) is 1.78. The maximum absolute atomic E-state index is 6.61. The number of hydrogen-bond acceptors (Lipinski definition) is 2. The molecule has 1 saturated carbocycles. The molecule has 3 heteroatoms. The summed E-state index contributed by atoms with van der Waals surface area (Å²) in [6.07, 6.45) is 4.69. The third-order valence-corrected chi connectivity index (χ3v) is 5.52. The second-order valence-corrected chi connectivity index (χ2v) is 8.78. The maximum Gasteiger partial charge on any atom is 0.126 e. The molecule has 0 saturated heterocycles. The Labute approximate surface area is 136 Å². The summed E-state index contributed by atoms with van der Waals surface area (Å²) in [6.45, 7) is 7.15. The van der Waals surface area contributed by atoms with E-state index in [4.69, 9.17) is 4.74 Å². The summed E-state index contributed by atoms with van der Waals surface area (Å²) in [5.41, 5.74) is 1.64. The highest BCUT2D eigenvalue weighted by atomic mass is 79.9. The smallest absolute Gasteiger partial charge is 0.126 e.